The molecule has 0 aromatic carbocycles. The Balaban J connectivity index is 1.34. The van der Waals surface area contributed by atoms with Crippen molar-refractivity contribution in [2.75, 3.05) is 30.3 Å². The van der Waals surface area contributed by atoms with Crippen LogP contribution in [0.1, 0.15) is 23.7 Å². The first-order valence-electron chi connectivity index (χ1n) is 10.4. The monoisotopic (exact) mass is 477 g/mol. The molecule has 12 heteroatoms. The number of alkyl halides is 3. The number of aromatic nitrogens is 4. The third kappa shape index (κ3) is 3.70. The van der Waals surface area contributed by atoms with Gasteiger partial charge < -0.3 is 20.8 Å². The Bertz CT molecular complexity index is 1190. The lowest BCUT2D eigenvalue weighted by Crippen LogP contribution is -2.33. The van der Waals surface area contributed by atoms with Crippen LogP contribution in [0.25, 0.3) is 0 Å². The normalized spacial score (nSPS) is 24.6. The van der Waals surface area contributed by atoms with Crippen LogP contribution < -0.4 is 16.4 Å². The van der Waals surface area contributed by atoms with E-state index in [1.807, 2.05) is 6.92 Å². The average molecular weight is 478 g/mol. The molecule has 1 aliphatic carbocycles. The zero-order valence-corrected chi connectivity index (χ0v) is 18.5. The Morgan fingerprint density at radius 2 is 2.09 bits per heavy atom. The fourth-order valence-corrected chi connectivity index (χ4v) is 5.74. The van der Waals surface area contributed by atoms with Gasteiger partial charge in [-0.15, -0.1) is 0 Å². The van der Waals surface area contributed by atoms with Crippen LogP contribution in [0.2, 0.25) is 0 Å². The minimum atomic E-state index is -4.57. The van der Waals surface area contributed by atoms with Crippen LogP contribution in [0.3, 0.4) is 0 Å². The van der Waals surface area contributed by atoms with E-state index in [1.165, 1.54) is 12.1 Å². The van der Waals surface area contributed by atoms with E-state index >= 15 is 0 Å². The minimum Gasteiger partial charge on any atom is -0.448 e. The SMILES string of the molecule is Cc1coc(C2(CN)C3CCN(c4cnc(Sc5cccnc5C(F)(F)F)c(N)n4)CC32)n1. The van der Waals surface area contributed by atoms with Gasteiger partial charge in [-0.2, -0.15) is 13.2 Å². The Morgan fingerprint density at radius 3 is 2.76 bits per heavy atom. The van der Waals surface area contributed by atoms with Gasteiger partial charge in [-0.05, 0) is 37.3 Å². The molecule has 0 bridgehead atoms. The summed E-state index contributed by atoms with van der Waals surface area (Å²) >= 11 is 0.798. The number of piperidine rings is 1. The van der Waals surface area contributed by atoms with Crippen molar-refractivity contribution in [3.8, 4) is 0 Å². The summed E-state index contributed by atoms with van der Waals surface area (Å²) in [7, 11) is 0. The van der Waals surface area contributed by atoms with Crippen molar-refractivity contribution in [1.82, 2.24) is 19.9 Å². The first-order chi connectivity index (χ1) is 15.7. The topological polar surface area (TPSA) is 120 Å². The van der Waals surface area contributed by atoms with Gasteiger partial charge in [0.25, 0.3) is 0 Å². The summed E-state index contributed by atoms with van der Waals surface area (Å²) in [6.45, 7) is 3.78. The average Bonchev–Trinajstić information content (AvgIpc) is 3.24. The number of nitrogens with zero attached hydrogens (tertiary/aromatic N) is 5. The molecule has 0 amide bonds. The molecular formula is C21H22F3N7OS. The summed E-state index contributed by atoms with van der Waals surface area (Å²) in [5.41, 5.74) is 11.8. The standard InChI is InChI=1S/C21H22F3N7OS/c1-11-9-32-19(29-11)20(10-25)12-4-6-31(8-13(12)20)15-7-28-18(17(26)30-15)33-14-3-2-5-27-16(14)21(22,23)24/h2-3,5,7,9,12-13H,4,6,8,10,25H2,1H3,(H2,26,30). The van der Waals surface area contributed by atoms with Crippen molar-refractivity contribution >= 4 is 23.4 Å². The second kappa shape index (κ2) is 7.87. The van der Waals surface area contributed by atoms with Gasteiger partial charge in [0.2, 0.25) is 5.89 Å². The molecule has 3 aromatic rings. The number of nitrogen functional groups attached to an aromatic ring is 1. The van der Waals surface area contributed by atoms with Gasteiger partial charge >= 0.3 is 6.18 Å². The predicted molar refractivity (Wildman–Crippen MR) is 116 cm³/mol. The lowest BCUT2D eigenvalue weighted by atomic mass is 10.0. The molecule has 5 rings (SSSR count). The number of nitrogens with two attached hydrogens (primary N) is 2. The van der Waals surface area contributed by atoms with Gasteiger partial charge in [-0.1, -0.05) is 11.8 Å². The molecule has 174 valence electrons. The van der Waals surface area contributed by atoms with E-state index in [0.29, 0.717) is 30.7 Å². The molecule has 1 aliphatic heterocycles. The number of aryl methyl sites for hydroxylation is 1. The van der Waals surface area contributed by atoms with Crippen LogP contribution in [-0.4, -0.2) is 39.6 Å². The molecule has 1 saturated heterocycles. The summed E-state index contributed by atoms with van der Waals surface area (Å²) in [5.74, 6) is 2.01. The quantitative estimate of drug-likeness (QED) is 0.570. The Hall–Kier alpha value is -2.86. The largest absolute Gasteiger partial charge is 0.448 e. The van der Waals surface area contributed by atoms with E-state index in [9.17, 15) is 13.2 Å². The van der Waals surface area contributed by atoms with Crippen LogP contribution >= 0.6 is 11.8 Å². The molecular weight excluding hydrogens is 455 g/mol. The molecule has 3 atom stereocenters. The van der Waals surface area contributed by atoms with Crippen molar-refractivity contribution in [2.45, 2.75) is 34.9 Å². The first kappa shape index (κ1) is 22.0. The molecule has 0 radical (unpaired) electrons. The molecule has 1 saturated carbocycles. The van der Waals surface area contributed by atoms with Gasteiger partial charge in [-0.25, -0.2) is 15.0 Å². The highest BCUT2D eigenvalue weighted by molar-refractivity contribution is 7.99. The zero-order valence-electron chi connectivity index (χ0n) is 17.7. The maximum atomic E-state index is 13.2. The van der Waals surface area contributed by atoms with E-state index in [2.05, 4.69) is 24.8 Å². The first-order valence-corrected chi connectivity index (χ1v) is 11.3. The van der Waals surface area contributed by atoms with Crippen molar-refractivity contribution in [3.63, 3.8) is 0 Å². The molecule has 2 fully saturated rings. The van der Waals surface area contributed by atoms with Gasteiger partial charge in [0.1, 0.15) is 17.1 Å². The molecule has 2 aliphatic rings. The Morgan fingerprint density at radius 1 is 1.27 bits per heavy atom. The minimum absolute atomic E-state index is 0.0702. The summed E-state index contributed by atoms with van der Waals surface area (Å²) in [6.07, 6.45) is 0.616. The smallest absolute Gasteiger partial charge is 0.434 e. The molecule has 3 unspecified atom stereocenters. The number of fused-ring (bicyclic) bond motifs is 1. The Labute approximate surface area is 192 Å². The third-order valence-electron chi connectivity index (χ3n) is 6.50. The number of halogens is 3. The van der Waals surface area contributed by atoms with Crippen LogP contribution in [0.4, 0.5) is 24.8 Å². The molecule has 8 nitrogen and oxygen atoms in total. The van der Waals surface area contributed by atoms with E-state index in [1.54, 1.807) is 12.5 Å². The number of rotatable bonds is 5. The van der Waals surface area contributed by atoms with Gasteiger partial charge in [0.05, 0.1) is 17.3 Å². The highest BCUT2D eigenvalue weighted by Gasteiger charge is 2.68. The summed E-state index contributed by atoms with van der Waals surface area (Å²) in [5, 5.41) is 0.199. The van der Waals surface area contributed by atoms with Gasteiger partial charge in [-0.3, -0.25) is 4.98 Å². The number of oxazole rings is 1. The predicted octanol–water partition coefficient (Wildman–Crippen LogP) is 3.27. The Kier molecular flexibility index (Phi) is 5.24. The maximum absolute atomic E-state index is 13.2. The molecule has 33 heavy (non-hydrogen) atoms. The lowest BCUT2D eigenvalue weighted by molar-refractivity contribution is -0.143. The van der Waals surface area contributed by atoms with Gasteiger partial charge in [0, 0.05) is 30.7 Å². The molecule has 4 N–H and O–H groups in total. The summed E-state index contributed by atoms with van der Waals surface area (Å²) in [6, 6.07) is 2.78. The molecule has 0 spiro atoms. The fourth-order valence-electron chi connectivity index (χ4n) is 4.86. The second-order valence-corrected chi connectivity index (χ2v) is 9.39. The van der Waals surface area contributed by atoms with E-state index in [-0.39, 0.29) is 27.1 Å². The highest BCUT2D eigenvalue weighted by atomic mass is 32.2. The van der Waals surface area contributed by atoms with Crippen LogP contribution in [0.15, 0.2) is 45.1 Å². The van der Waals surface area contributed by atoms with E-state index < -0.39 is 11.9 Å². The van der Waals surface area contributed by atoms with Crippen LogP contribution in [-0.2, 0) is 11.6 Å². The summed E-state index contributed by atoms with van der Waals surface area (Å²) in [4.78, 5) is 18.7. The number of anilines is 2. The zero-order chi connectivity index (χ0) is 23.4. The molecule has 4 heterocycles. The van der Waals surface area contributed by atoms with Crippen molar-refractivity contribution in [3.05, 3.63) is 48.1 Å². The van der Waals surface area contributed by atoms with Crippen molar-refractivity contribution < 1.29 is 17.6 Å². The van der Waals surface area contributed by atoms with Crippen molar-refractivity contribution in [1.29, 1.82) is 0 Å². The lowest BCUT2D eigenvalue weighted by Gasteiger charge is -2.27. The summed E-state index contributed by atoms with van der Waals surface area (Å²) < 4.78 is 45.4. The van der Waals surface area contributed by atoms with Crippen LogP contribution in [0, 0.1) is 18.8 Å². The van der Waals surface area contributed by atoms with E-state index in [0.717, 1.165) is 36.6 Å². The second-order valence-electron chi connectivity index (χ2n) is 8.35. The molecule has 3 aromatic heterocycles. The number of hydrogen-bond donors (Lipinski definition) is 2. The number of pyridine rings is 1. The van der Waals surface area contributed by atoms with Gasteiger partial charge in [0.15, 0.2) is 11.5 Å². The third-order valence-corrected chi connectivity index (χ3v) is 7.56. The van der Waals surface area contributed by atoms with Crippen LogP contribution in [0.5, 0.6) is 0 Å². The maximum Gasteiger partial charge on any atom is 0.434 e. The van der Waals surface area contributed by atoms with Crippen molar-refractivity contribution in [2.24, 2.45) is 17.6 Å². The fraction of sp³-hybridized carbons (Fsp3) is 0.429. The highest BCUT2D eigenvalue weighted by Crippen LogP contribution is 2.62. The number of hydrogen-bond acceptors (Lipinski definition) is 9. The van der Waals surface area contributed by atoms with E-state index in [4.69, 9.17) is 15.9 Å².